The molecule has 0 bridgehead atoms. The standard InChI is InChI=1S/C7H11N3O.ClH/c1-7(2,11)6-9-4-3-5(8)10-6;/h3-4,11H,1-2H3,(H2,8,9,10);1H. The van der Waals surface area contributed by atoms with Gasteiger partial charge in [-0.15, -0.1) is 12.4 Å². The van der Waals surface area contributed by atoms with Gasteiger partial charge in [-0.3, -0.25) is 0 Å². The molecule has 0 fully saturated rings. The molecule has 3 N–H and O–H groups in total. The molecule has 0 saturated carbocycles. The van der Waals surface area contributed by atoms with Gasteiger partial charge in [0.25, 0.3) is 0 Å². The number of nitrogens with zero attached hydrogens (tertiary/aromatic N) is 2. The molecule has 68 valence electrons. The average Bonchev–Trinajstić information content (AvgIpc) is 1.86. The van der Waals surface area contributed by atoms with E-state index < -0.39 is 5.60 Å². The van der Waals surface area contributed by atoms with E-state index in [0.717, 1.165) is 0 Å². The number of hydrogen-bond donors (Lipinski definition) is 2. The Balaban J connectivity index is 0.00000121. The molecule has 0 radical (unpaired) electrons. The van der Waals surface area contributed by atoms with Crippen molar-refractivity contribution in [3.05, 3.63) is 18.1 Å². The van der Waals surface area contributed by atoms with Gasteiger partial charge < -0.3 is 10.8 Å². The number of rotatable bonds is 1. The SMILES string of the molecule is CC(C)(O)c1nccc(N)n1.Cl. The molecule has 1 aromatic rings. The maximum Gasteiger partial charge on any atom is 0.161 e. The Labute approximate surface area is 77.3 Å². The minimum Gasteiger partial charge on any atom is -0.384 e. The molecule has 4 nitrogen and oxygen atoms in total. The van der Waals surface area contributed by atoms with E-state index in [4.69, 9.17) is 5.73 Å². The van der Waals surface area contributed by atoms with Crippen molar-refractivity contribution in [2.24, 2.45) is 0 Å². The summed E-state index contributed by atoms with van der Waals surface area (Å²) < 4.78 is 0. The van der Waals surface area contributed by atoms with Crippen LogP contribution in [-0.2, 0) is 5.60 Å². The summed E-state index contributed by atoms with van der Waals surface area (Å²) in [6, 6.07) is 1.58. The zero-order valence-corrected chi connectivity index (χ0v) is 7.80. The van der Waals surface area contributed by atoms with Crippen molar-refractivity contribution in [1.82, 2.24) is 9.97 Å². The van der Waals surface area contributed by atoms with Crippen LogP contribution in [0.25, 0.3) is 0 Å². The Morgan fingerprint density at radius 1 is 1.50 bits per heavy atom. The Hall–Kier alpha value is -0.870. The first kappa shape index (κ1) is 11.1. The molecular weight excluding hydrogens is 178 g/mol. The first-order valence-electron chi connectivity index (χ1n) is 3.31. The van der Waals surface area contributed by atoms with Crippen molar-refractivity contribution >= 4 is 18.2 Å². The lowest BCUT2D eigenvalue weighted by atomic mass is 10.1. The molecule has 0 aliphatic rings. The molecule has 0 aliphatic heterocycles. The lowest BCUT2D eigenvalue weighted by Gasteiger charge is -2.14. The molecule has 1 rings (SSSR count). The van der Waals surface area contributed by atoms with Crippen molar-refractivity contribution in [3.63, 3.8) is 0 Å². The van der Waals surface area contributed by atoms with E-state index in [2.05, 4.69) is 9.97 Å². The minimum absolute atomic E-state index is 0. The molecule has 0 amide bonds. The molecule has 0 unspecified atom stereocenters. The van der Waals surface area contributed by atoms with E-state index in [1.807, 2.05) is 0 Å². The zero-order chi connectivity index (χ0) is 8.48. The maximum absolute atomic E-state index is 9.43. The Morgan fingerprint density at radius 3 is 2.42 bits per heavy atom. The number of aromatic nitrogens is 2. The molecular formula is C7H12ClN3O. The molecule has 1 heterocycles. The predicted molar refractivity (Wildman–Crippen MR) is 48.9 cm³/mol. The van der Waals surface area contributed by atoms with E-state index in [1.54, 1.807) is 19.9 Å². The summed E-state index contributed by atoms with van der Waals surface area (Å²) >= 11 is 0. The third-order valence-electron chi connectivity index (χ3n) is 1.22. The smallest absolute Gasteiger partial charge is 0.161 e. The van der Waals surface area contributed by atoms with E-state index in [9.17, 15) is 5.11 Å². The fourth-order valence-corrected chi connectivity index (χ4v) is 0.667. The Bertz CT molecular complexity index is 259. The monoisotopic (exact) mass is 189 g/mol. The number of hydrogen-bond acceptors (Lipinski definition) is 4. The highest BCUT2D eigenvalue weighted by molar-refractivity contribution is 5.85. The number of nitrogen functional groups attached to an aromatic ring is 1. The van der Waals surface area contributed by atoms with E-state index in [0.29, 0.717) is 11.6 Å². The van der Waals surface area contributed by atoms with Crippen molar-refractivity contribution in [3.8, 4) is 0 Å². The van der Waals surface area contributed by atoms with Crippen LogP contribution >= 0.6 is 12.4 Å². The van der Waals surface area contributed by atoms with Crippen LogP contribution in [0.1, 0.15) is 19.7 Å². The lowest BCUT2D eigenvalue weighted by Crippen LogP contribution is -2.19. The van der Waals surface area contributed by atoms with Crippen LogP contribution in [-0.4, -0.2) is 15.1 Å². The molecule has 0 aliphatic carbocycles. The van der Waals surface area contributed by atoms with Gasteiger partial charge in [0.05, 0.1) is 0 Å². The van der Waals surface area contributed by atoms with Crippen LogP contribution in [0.4, 0.5) is 5.82 Å². The summed E-state index contributed by atoms with van der Waals surface area (Å²) in [4.78, 5) is 7.73. The number of anilines is 1. The Morgan fingerprint density at radius 2 is 2.08 bits per heavy atom. The van der Waals surface area contributed by atoms with E-state index in [-0.39, 0.29) is 12.4 Å². The average molecular weight is 190 g/mol. The van der Waals surface area contributed by atoms with Gasteiger partial charge >= 0.3 is 0 Å². The van der Waals surface area contributed by atoms with Gasteiger partial charge in [-0.05, 0) is 19.9 Å². The summed E-state index contributed by atoms with van der Waals surface area (Å²) in [6.45, 7) is 3.23. The van der Waals surface area contributed by atoms with Crippen LogP contribution in [0.3, 0.4) is 0 Å². The fourth-order valence-electron chi connectivity index (χ4n) is 0.667. The van der Waals surface area contributed by atoms with E-state index in [1.165, 1.54) is 6.20 Å². The zero-order valence-electron chi connectivity index (χ0n) is 6.98. The molecule has 5 heteroatoms. The van der Waals surface area contributed by atoms with Gasteiger partial charge in [-0.25, -0.2) is 9.97 Å². The number of halogens is 1. The van der Waals surface area contributed by atoms with Crippen molar-refractivity contribution in [1.29, 1.82) is 0 Å². The summed E-state index contributed by atoms with van der Waals surface area (Å²) in [5.41, 5.74) is 4.37. The highest BCUT2D eigenvalue weighted by Gasteiger charge is 2.18. The van der Waals surface area contributed by atoms with Crippen LogP contribution in [0, 0.1) is 0 Å². The highest BCUT2D eigenvalue weighted by atomic mass is 35.5. The topological polar surface area (TPSA) is 72.0 Å². The molecule has 0 saturated heterocycles. The predicted octanol–water partition coefficient (Wildman–Crippen LogP) is 0.708. The number of nitrogens with two attached hydrogens (primary N) is 1. The second-order valence-electron chi connectivity index (χ2n) is 2.86. The number of aliphatic hydroxyl groups is 1. The first-order chi connectivity index (χ1) is 5.00. The lowest BCUT2D eigenvalue weighted by molar-refractivity contribution is 0.0688. The molecule has 0 atom stereocenters. The fraction of sp³-hybridized carbons (Fsp3) is 0.429. The molecule has 1 aromatic heterocycles. The highest BCUT2D eigenvalue weighted by Crippen LogP contribution is 2.14. The van der Waals surface area contributed by atoms with Crippen LogP contribution in [0.5, 0.6) is 0 Å². The van der Waals surface area contributed by atoms with Gasteiger partial charge in [0.15, 0.2) is 5.82 Å². The van der Waals surface area contributed by atoms with Crippen LogP contribution in [0.2, 0.25) is 0 Å². The normalized spacial score (nSPS) is 10.6. The quantitative estimate of drug-likeness (QED) is 0.683. The second-order valence-corrected chi connectivity index (χ2v) is 2.86. The van der Waals surface area contributed by atoms with E-state index >= 15 is 0 Å². The summed E-state index contributed by atoms with van der Waals surface area (Å²) in [5.74, 6) is 0.717. The Kier molecular flexibility index (Phi) is 3.42. The van der Waals surface area contributed by atoms with Gasteiger partial charge in [0.2, 0.25) is 0 Å². The van der Waals surface area contributed by atoms with Crippen molar-refractivity contribution in [2.75, 3.05) is 5.73 Å². The summed E-state index contributed by atoms with van der Waals surface area (Å²) in [5, 5.41) is 9.43. The molecule has 0 spiro atoms. The maximum atomic E-state index is 9.43. The van der Waals surface area contributed by atoms with Crippen molar-refractivity contribution < 1.29 is 5.11 Å². The van der Waals surface area contributed by atoms with Crippen LogP contribution in [0.15, 0.2) is 12.3 Å². The van der Waals surface area contributed by atoms with Gasteiger partial charge in [-0.2, -0.15) is 0 Å². The second kappa shape index (κ2) is 3.69. The third-order valence-corrected chi connectivity index (χ3v) is 1.22. The first-order valence-corrected chi connectivity index (χ1v) is 3.31. The summed E-state index contributed by atoms with van der Waals surface area (Å²) in [7, 11) is 0. The summed E-state index contributed by atoms with van der Waals surface area (Å²) in [6.07, 6.45) is 1.52. The van der Waals surface area contributed by atoms with Crippen molar-refractivity contribution in [2.45, 2.75) is 19.4 Å². The third kappa shape index (κ3) is 2.64. The van der Waals surface area contributed by atoms with Gasteiger partial charge in [0, 0.05) is 6.20 Å². The molecule has 12 heavy (non-hydrogen) atoms. The largest absolute Gasteiger partial charge is 0.384 e. The van der Waals surface area contributed by atoms with Crippen LogP contribution < -0.4 is 5.73 Å². The minimum atomic E-state index is -1.02. The molecule has 0 aromatic carbocycles. The van der Waals surface area contributed by atoms with Gasteiger partial charge in [0.1, 0.15) is 11.4 Å². The van der Waals surface area contributed by atoms with Gasteiger partial charge in [-0.1, -0.05) is 0 Å².